The van der Waals surface area contributed by atoms with Crippen molar-refractivity contribution in [3.8, 4) is 0 Å². The van der Waals surface area contributed by atoms with E-state index >= 15 is 0 Å². The second-order valence-electron chi connectivity index (χ2n) is 3.78. The van der Waals surface area contributed by atoms with Crippen LogP contribution >= 0.6 is 0 Å². The van der Waals surface area contributed by atoms with Crippen molar-refractivity contribution in [3.05, 3.63) is 0 Å². The molecule has 3 nitrogen and oxygen atoms in total. The molecular weight excluding hydrogens is 164 g/mol. The van der Waals surface area contributed by atoms with Gasteiger partial charge in [-0.15, -0.1) is 0 Å². The zero-order valence-corrected chi connectivity index (χ0v) is 8.46. The second kappa shape index (κ2) is 5.22. The SMILES string of the molecule is CCCCN1CCCCC(N)C1=O. The summed E-state index contributed by atoms with van der Waals surface area (Å²) in [5.41, 5.74) is 5.75. The number of likely N-dealkylation sites (tertiary alicyclic amines) is 1. The molecule has 0 bridgehead atoms. The van der Waals surface area contributed by atoms with E-state index < -0.39 is 0 Å². The molecule has 2 N–H and O–H groups in total. The maximum Gasteiger partial charge on any atom is 0.239 e. The van der Waals surface area contributed by atoms with Crippen molar-refractivity contribution >= 4 is 5.91 Å². The normalized spacial score (nSPS) is 24.6. The van der Waals surface area contributed by atoms with Crippen LogP contribution in [0.2, 0.25) is 0 Å². The minimum Gasteiger partial charge on any atom is -0.341 e. The number of rotatable bonds is 3. The summed E-state index contributed by atoms with van der Waals surface area (Å²) >= 11 is 0. The Bertz CT molecular complexity index is 170. The summed E-state index contributed by atoms with van der Waals surface area (Å²) in [7, 11) is 0. The predicted octanol–water partition coefficient (Wildman–Crippen LogP) is 1.13. The Balaban J connectivity index is 2.44. The minimum absolute atomic E-state index is 0.158. The van der Waals surface area contributed by atoms with Crippen molar-refractivity contribution in [2.45, 2.75) is 45.1 Å². The van der Waals surface area contributed by atoms with Crippen LogP contribution in [-0.2, 0) is 4.79 Å². The van der Waals surface area contributed by atoms with Gasteiger partial charge in [0, 0.05) is 13.1 Å². The molecule has 1 heterocycles. The standard InChI is InChI=1S/C10H20N2O/c1-2-3-7-12-8-5-4-6-9(11)10(12)13/h9H,2-8,11H2,1H3. The van der Waals surface area contributed by atoms with Gasteiger partial charge < -0.3 is 10.6 Å². The molecule has 1 unspecified atom stereocenters. The molecule has 13 heavy (non-hydrogen) atoms. The summed E-state index contributed by atoms with van der Waals surface area (Å²) in [6.45, 7) is 3.94. The van der Waals surface area contributed by atoms with Crippen molar-refractivity contribution in [2.24, 2.45) is 5.73 Å². The molecule has 1 amide bonds. The first-order valence-corrected chi connectivity index (χ1v) is 5.30. The lowest BCUT2D eigenvalue weighted by Gasteiger charge is -2.22. The number of carbonyl (C=O) groups is 1. The average Bonchev–Trinajstić information content (AvgIpc) is 2.28. The fourth-order valence-corrected chi connectivity index (χ4v) is 1.71. The minimum atomic E-state index is -0.237. The van der Waals surface area contributed by atoms with Gasteiger partial charge in [0.2, 0.25) is 5.91 Å². The molecule has 1 saturated heterocycles. The third kappa shape index (κ3) is 2.99. The van der Waals surface area contributed by atoms with Crippen LogP contribution in [0.25, 0.3) is 0 Å². The van der Waals surface area contributed by atoms with E-state index in [4.69, 9.17) is 5.73 Å². The van der Waals surface area contributed by atoms with Crippen molar-refractivity contribution in [1.29, 1.82) is 0 Å². The Morgan fingerprint density at radius 3 is 3.00 bits per heavy atom. The summed E-state index contributed by atoms with van der Waals surface area (Å²) in [5, 5.41) is 0. The van der Waals surface area contributed by atoms with Crippen molar-refractivity contribution < 1.29 is 4.79 Å². The molecule has 1 atom stereocenters. The third-order valence-corrected chi connectivity index (χ3v) is 2.60. The van der Waals surface area contributed by atoms with E-state index in [-0.39, 0.29) is 11.9 Å². The van der Waals surface area contributed by atoms with Gasteiger partial charge >= 0.3 is 0 Å². The van der Waals surface area contributed by atoms with Crippen LogP contribution in [0.4, 0.5) is 0 Å². The first-order valence-electron chi connectivity index (χ1n) is 5.30. The fraction of sp³-hybridized carbons (Fsp3) is 0.900. The lowest BCUT2D eigenvalue weighted by atomic mass is 10.1. The van der Waals surface area contributed by atoms with Crippen LogP contribution in [-0.4, -0.2) is 29.9 Å². The third-order valence-electron chi connectivity index (χ3n) is 2.60. The molecule has 0 aromatic carbocycles. The van der Waals surface area contributed by atoms with E-state index in [9.17, 15) is 4.79 Å². The molecule has 1 rings (SSSR count). The van der Waals surface area contributed by atoms with Gasteiger partial charge in [0.1, 0.15) is 0 Å². The zero-order chi connectivity index (χ0) is 9.68. The van der Waals surface area contributed by atoms with Crippen LogP contribution in [0.1, 0.15) is 39.0 Å². The average molecular weight is 184 g/mol. The van der Waals surface area contributed by atoms with E-state index in [1.165, 1.54) is 0 Å². The van der Waals surface area contributed by atoms with Gasteiger partial charge in [-0.2, -0.15) is 0 Å². The summed E-state index contributed by atoms with van der Waals surface area (Å²) < 4.78 is 0. The lowest BCUT2D eigenvalue weighted by molar-refractivity contribution is -0.132. The Hall–Kier alpha value is -0.570. The van der Waals surface area contributed by atoms with E-state index in [1.54, 1.807) is 0 Å². The quantitative estimate of drug-likeness (QED) is 0.714. The highest BCUT2D eigenvalue weighted by Crippen LogP contribution is 2.11. The number of amides is 1. The Kier molecular flexibility index (Phi) is 4.22. The number of carbonyl (C=O) groups excluding carboxylic acids is 1. The molecule has 0 spiro atoms. The Morgan fingerprint density at radius 1 is 1.54 bits per heavy atom. The van der Waals surface area contributed by atoms with Crippen LogP contribution in [0.5, 0.6) is 0 Å². The molecule has 3 heteroatoms. The van der Waals surface area contributed by atoms with Gasteiger partial charge in [-0.05, 0) is 25.7 Å². The van der Waals surface area contributed by atoms with E-state index in [2.05, 4.69) is 6.92 Å². The van der Waals surface area contributed by atoms with Gasteiger partial charge in [-0.25, -0.2) is 0 Å². The molecule has 1 fully saturated rings. The van der Waals surface area contributed by atoms with E-state index in [1.807, 2.05) is 4.90 Å². The smallest absolute Gasteiger partial charge is 0.239 e. The molecule has 0 saturated carbocycles. The van der Waals surface area contributed by atoms with Crippen LogP contribution in [0.3, 0.4) is 0 Å². The molecule has 0 aromatic heterocycles. The molecule has 1 aliphatic rings. The topological polar surface area (TPSA) is 46.3 Å². The highest BCUT2D eigenvalue weighted by molar-refractivity contribution is 5.81. The lowest BCUT2D eigenvalue weighted by Crippen LogP contribution is -2.42. The second-order valence-corrected chi connectivity index (χ2v) is 3.78. The van der Waals surface area contributed by atoms with Crippen LogP contribution in [0, 0.1) is 0 Å². The number of nitrogens with two attached hydrogens (primary N) is 1. The highest BCUT2D eigenvalue weighted by atomic mass is 16.2. The zero-order valence-electron chi connectivity index (χ0n) is 8.46. The van der Waals surface area contributed by atoms with Crippen molar-refractivity contribution in [1.82, 2.24) is 4.90 Å². The highest BCUT2D eigenvalue weighted by Gasteiger charge is 2.22. The summed E-state index contributed by atoms with van der Waals surface area (Å²) in [6.07, 6.45) is 5.30. The summed E-state index contributed by atoms with van der Waals surface area (Å²) in [6, 6.07) is -0.237. The molecule has 1 aliphatic heterocycles. The monoisotopic (exact) mass is 184 g/mol. The molecule has 0 aliphatic carbocycles. The maximum atomic E-state index is 11.7. The van der Waals surface area contributed by atoms with Gasteiger partial charge in [0.25, 0.3) is 0 Å². The van der Waals surface area contributed by atoms with Gasteiger partial charge in [0.05, 0.1) is 6.04 Å². The van der Waals surface area contributed by atoms with E-state index in [0.717, 1.165) is 45.2 Å². The molecule has 0 radical (unpaired) electrons. The summed E-state index contributed by atoms with van der Waals surface area (Å²) in [5.74, 6) is 0.158. The number of hydrogen-bond donors (Lipinski definition) is 1. The number of nitrogens with zero attached hydrogens (tertiary/aromatic N) is 1. The van der Waals surface area contributed by atoms with Gasteiger partial charge in [-0.1, -0.05) is 13.3 Å². The number of unbranched alkanes of at least 4 members (excludes halogenated alkanes) is 1. The Morgan fingerprint density at radius 2 is 2.31 bits per heavy atom. The first-order chi connectivity index (χ1) is 6.25. The predicted molar refractivity (Wildman–Crippen MR) is 53.3 cm³/mol. The van der Waals surface area contributed by atoms with Crippen LogP contribution in [0.15, 0.2) is 0 Å². The maximum absolute atomic E-state index is 11.7. The molecular formula is C10H20N2O. The van der Waals surface area contributed by atoms with Gasteiger partial charge in [0.15, 0.2) is 0 Å². The van der Waals surface area contributed by atoms with Crippen molar-refractivity contribution in [2.75, 3.05) is 13.1 Å². The Labute approximate surface area is 80.3 Å². The fourth-order valence-electron chi connectivity index (χ4n) is 1.71. The summed E-state index contributed by atoms with van der Waals surface area (Å²) in [4.78, 5) is 13.6. The van der Waals surface area contributed by atoms with E-state index in [0.29, 0.717) is 0 Å². The molecule has 76 valence electrons. The van der Waals surface area contributed by atoms with Crippen LogP contribution < -0.4 is 5.73 Å². The number of hydrogen-bond acceptors (Lipinski definition) is 2. The first kappa shape index (κ1) is 10.5. The van der Waals surface area contributed by atoms with Crippen molar-refractivity contribution in [3.63, 3.8) is 0 Å². The molecule has 0 aromatic rings. The van der Waals surface area contributed by atoms with Gasteiger partial charge in [-0.3, -0.25) is 4.79 Å². The largest absolute Gasteiger partial charge is 0.341 e.